The largest absolute Gasteiger partial charge is 0.508 e. The van der Waals surface area contributed by atoms with E-state index in [-0.39, 0.29) is 11.5 Å². The van der Waals surface area contributed by atoms with Crippen molar-refractivity contribution in [3.63, 3.8) is 0 Å². The Bertz CT molecular complexity index is 451. The average molecular weight is 277 g/mol. The van der Waals surface area contributed by atoms with Gasteiger partial charge in [0.1, 0.15) is 5.75 Å². The van der Waals surface area contributed by atoms with Crippen molar-refractivity contribution < 1.29 is 10.2 Å². The van der Waals surface area contributed by atoms with E-state index in [0.29, 0.717) is 18.3 Å². The van der Waals surface area contributed by atoms with Gasteiger partial charge in [-0.3, -0.25) is 0 Å². The number of phenols is 1. The second-order valence-corrected chi connectivity index (χ2v) is 7.15. The highest BCUT2D eigenvalue weighted by molar-refractivity contribution is 5.38. The number of aliphatic hydroxyl groups excluding tert-OH is 1. The molecule has 1 aliphatic carbocycles. The van der Waals surface area contributed by atoms with Crippen molar-refractivity contribution in [1.82, 2.24) is 5.32 Å². The monoisotopic (exact) mass is 277 g/mol. The molecule has 2 atom stereocenters. The summed E-state index contributed by atoms with van der Waals surface area (Å²) < 4.78 is 0. The first-order valence-corrected chi connectivity index (χ1v) is 7.58. The van der Waals surface area contributed by atoms with Crippen LogP contribution in [0.4, 0.5) is 0 Å². The zero-order chi connectivity index (χ0) is 14.8. The van der Waals surface area contributed by atoms with Gasteiger partial charge in [-0.2, -0.15) is 0 Å². The fourth-order valence-electron chi connectivity index (χ4n) is 3.07. The van der Waals surface area contributed by atoms with Crippen molar-refractivity contribution in [3.8, 4) is 5.75 Å². The predicted molar refractivity (Wildman–Crippen MR) is 81.9 cm³/mol. The van der Waals surface area contributed by atoms with E-state index in [1.54, 1.807) is 6.07 Å². The van der Waals surface area contributed by atoms with E-state index in [1.165, 1.54) is 11.1 Å². The molecule has 0 bridgehead atoms. The maximum absolute atomic E-state index is 10.1. The SMILES string of the molecule is CC(C)(C)CC(O)CNC1CCCc2cc(O)ccc21. The third-order valence-electron chi connectivity index (χ3n) is 3.89. The quantitative estimate of drug-likeness (QED) is 0.792. The lowest BCUT2D eigenvalue weighted by Gasteiger charge is -2.29. The van der Waals surface area contributed by atoms with Crippen molar-refractivity contribution in [1.29, 1.82) is 0 Å². The summed E-state index contributed by atoms with van der Waals surface area (Å²) in [5.41, 5.74) is 2.66. The van der Waals surface area contributed by atoms with E-state index in [9.17, 15) is 10.2 Å². The molecule has 0 heterocycles. The van der Waals surface area contributed by atoms with Crippen molar-refractivity contribution in [3.05, 3.63) is 29.3 Å². The van der Waals surface area contributed by atoms with Gasteiger partial charge in [0.25, 0.3) is 0 Å². The summed E-state index contributed by atoms with van der Waals surface area (Å²) in [6.45, 7) is 7.07. The maximum atomic E-state index is 10.1. The second-order valence-electron chi connectivity index (χ2n) is 7.15. The summed E-state index contributed by atoms with van der Waals surface area (Å²) in [5.74, 6) is 0.345. The molecule has 0 amide bonds. The lowest BCUT2D eigenvalue weighted by atomic mass is 9.86. The first-order valence-electron chi connectivity index (χ1n) is 7.58. The molecule has 1 aromatic rings. The van der Waals surface area contributed by atoms with Crippen LogP contribution in [0.25, 0.3) is 0 Å². The number of hydrogen-bond donors (Lipinski definition) is 3. The molecule has 0 saturated carbocycles. The highest BCUT2D eigenvalue weighted by Crippen LogP contribution is 2.32. The Morgan fingerprint density at radius 3 is 2.80 bits per heavy atom. The fourth-order valence-corrected chi connectivity index (χ4v) is 3.07. The third kappa shape index (κ3) is 4.22. The van der Waals surface area contributed by atoms with Crippen LogP contribution in [0, 0.1) is 5.41 Å². The van der Waals surface area contributed by atoms with Crippen molar-refractivity contribution in [2.24, 2.45) is 5.41 Å². The predicted octanol–water partition coefficient (Wildman–Crippen LogP) is 3.16. The number of aliphatic hydroxyl groups is 1. The first-order chi connectivity index (χ1) is 9.35. The minimum Gasteiger partial charge on any atom is -0.508 e. The van der Waals surface area contributed by atoms with Gasteiger partial charge in [0.2, 0.25) is 0 Å². The molecule has 3 N–H and O–H groups in total. The Labute approximate surface area is 122 Å². The Kier molecular flexibility index (Phi) is 4.71. The molecule has 1 aromatic carbocycles. The molecule has 2 unspecified atom stereocenters. The molecule has 0 saturated heterocycles. The smallest absolute Gasteiger partial charge is 0.115 e. The van der Waals surface area contributed by atoms with Crippen molar-refractivity contribution >= 4 is 0 Å². The van der Waals surface area contributed by atoms with Gasteiger partial charge in [-0.15, -0.1) is 0 Å². The number of aromatic hydroxyl groups is 1. The molecule has 0 spiro atoms. The summed E-state index contributed by atoms with van der Waals surface area (Å²) in [4.78, 5) is 0. The number of phenolic OH excluding ortho intramolecular Hbond substituents is 1. The normalized spacial score (nSPS) is 20.5. The van der Waals surface area contributed by atoms with Crippen LogP contribution in [0.15, 0.2) is 18.2 Å². The number of hydrogen-bond acceptors (Lipinski definition) is 3. The van der Waals surface area contributed by atoms with Gasteiger partial charge in [0.15, 0.2) is 0 Å². The van der Waals surface area contributed by atoms with Crippen LogP contribution in [-0.4, -0.2) is 22.9 Å². The van der Waals surface area contributed by atoms with Crippen LogP contribution in [0.3, 0.4) is 0 Å². The minimum atomic E-state index is -0.308. The summed E-state index contributed by atoms with van der Waals surface area (Å²) in [5, 5.41) is 23.2. The van der Waals surface area contributed by atoms with Gasteiger partial charge < -0.3 is 15.5 Å². The number of aryl methyl sites for hydroxylation is 1. The van der Waals surface area contributed by atoms with E-state index in [4.69, 9.17) is 0 Å². The van der Waals surface area contributed by atoms with Gasteiger partial charge in [-0.25, -0.2) is 0 Å². The van der Waals surface area contributed by atoms with Crippen LogP contribution in [0.5, 0.6) is 5.75 Å². The second kappa shape index (κ2) is 6.15. The van der Waals surface area contributed by atoms with Gasteiger partial charge in [0.05, 0.1) is 6.10 Å². The highest BCUT2D eigenvalue weighted by atomic mass is 16.3. The Morgan fingerprint density at radius 2 is 2.10 bits per heavy atom. The van der Waals surface area contributed by atoms with Crippen molar-refractivity contribution in [2.45, 2.75) is 58.6 Å². The molecule has 112 valence electrons. The van der Waals surface area contributed by atoms with Gasteiger partial charge in [-0.05, 0) is 54.4 Å². The summed E-state index contributed by atoms with van der Waals surface area (Å²) in [7, 11) is 0. The zero-order valence-corrected chi connectivity index (χ0v) is 12.8. The van der Waals surface area contributed by atoms with Crippen LogP contribution in [0.1, 0.15) is 57.2 Å². The Balaban J connectivity index is 1.95. The van der Waals surface area contributed by atoms with E-state index in [0.717, 1.165) is 25.7 Å². The van der Waals surface area contributed by atoms with Crippen LogP contribution >= 0.6 is 0 Å². The van der Waals surface area contributed by atoms with Crippen LogP contribution < -0.4 is 5.32 Å². The molecular formula is C17H27NO2. The molecule has 20 heavy (non-hydrogen) atoms. The Hall–Kier alpha value is -1.06. The molecule has 3 nitrogen and oxygen atoms in total. The van der Waals surface area contributed by atoms with Gasteiger partial charge in [-0.1, -0.05) is 26.8 Å². The summed E-state index contributed by atoms with van der Waals surface area (Å²) in [6, 6.07) is 5.94. The number of nitrogens with one attached hydrogen (secondary N) is 1. The van der Waals surface area contributed by atoms with E-state index >= 15 is 0 Å². The molecule has 2 rings (SSSR count). The Morgan fingerprint density at radius 1 is 1.35 bits per heavy atom. The zero-order valence-electron chi connectivity index (χ0n) is 12.8. The summed E-state index contributed by atoms with van der Waals surface area (Å²) in [6.07, 6.45) is 3.75. The third-order valence-corrected chi connectivity index (χ3v) is 3.89. The van der Waals surface area contributed by atoms with Crippen LogP contribution in [0.2, 0.25) is 0 Å². The molecule has 1 aliphatic rings. The maximum Gasteiger partial charge on any atom is 0.115 e. The first kappa shape index (κ1) is 15.3. The standard InChI is InChI=1S/C17H27NO2/c1-17(2,3)10-14(20)11-18-16-6-4-5-12-9-13(19)7-8-15(12)16/h7-9,14,16,18-20H,4-6,10-11H2,1-3H3. The van der Waals surface area contributed by atoms with Gasteiger partial charge in [0, 0.05) is 12.6 Å². The molecule has 0 aromatic heterocycles. The summed E-state index contributed by atoms with van der Waals surface area (Å²) >= 11 is 0. The molecule has 3 heteroatoms. The fraction of sp³-hybridized carbons (Fsp3) is 0.647. The minimum absolute atomic E-state index is 0.150. The van der Waals surface area contributed by atoms with Crippen LogP contribution in [-0.2, 0) is 6.42 Å². The lowest BCUT2D eigenvalue weighted by Crippen LogP contribution is -2.34. The molecule has 0 radical (unpaired) electrons. The van der Waals surface area contributed by atoms with E-state index in [2.05, 4.69) is 26.1 Å². The van der Waals surface area contributed by atoms with Crippen molar-refractivity contribution in [2.75, 3.05) is 6.54 Å². The topological polar surface area (TPSA) is 52.5 Å². The molecule has 0 fully saturated rings. The number of benzene rings is 1. The molecular weight excluding hydrogens is 250 g/mol. The number of fused-ring (bicyclic) bond motifs is 1. The number of rotatable bonds is 4. The van der Waals surface area contributed by atoms with E-state index in [1.807, 2.05) is 12.1 Å². The highest BCUT2D eigenvalue weighted by Gasteiger charge is 2.22. The average Bonchev–Trinajstić information content (AvgIpc) is 2.33. The van der Waals surface area contributed by atoms with E-state index < -0.39 is 0 Å². The lowest BCUT2D eigenvalue weighted by molar-refractivity contribution is 0.115. The molecule has 0 aliphatic heterocycles. The van der Waals surface area contributed by atoms with Gasteiger partial charge >= 0.3 is 0 Å².